The first-order valence-electron chi connectivity index (χ1n) is 13.0. The van der Waals surface area contributed by atoms with Crippen molar-refractivity contribution in [2.24, 2.45) is 17.8 Å². The van der Waals surface area contributed by atoms with Crippen molar-refractivity contribution in [3.8, 4) is 0 Å². The molecule has 1 saturated heterocycles. The first-order chi connectivity index (χ1) is 16.0. The molecule has 1 aromatic heterocycles. The third-order valence-corrected chi connectivity index (χ3v) is 10.3. The van der Waals surface area contributed by atoms with E-state index in [-0.39, 0.29) is 11.9 Å². The molecule has 8 heteroatoms. The van der Waals surface area contributed by atoms with Gasteiger partial charge in [0.1, 0.15) is 11.5 Å². The van der Waals surface area contributed by atoms with Crippen LogP contribution in [0.3, 0.4) is 0 Å². The molecule has 33 heavy (non-hydrogen) atoms. The Kier molecular flexibility index (Phi) is 5.82. The summed E-state index contributed by atoms with van der Waals surface area (Å²) in [5.74, 6) is 3.66. The minimum Gasteiger partial charge on any atom is -0.616 e. The van der Waals surface area contributed by atoms with Crippen molar-refractivity contribution in [3.63, 3.8) is 0 Å². The number of amides is 1. The third kappa shape index (κ3) is 4.27. The molecular formula is C25H36N4O3S. The van der Waals surface area contributed by atoms with E-state index in [4.69, 9.17) is 4.98 Å². The summed E-state index contributed by atoms with van der Waals surface area (Å²) in [6.07, 6.45) is 12.4. The Morgan fingerprint density at radius 3 is 2.48 bits per heavy atom. The molecule has 5 aliphatic carbocycles. The predicted molar refractivity (Wildman–Crippen MR) is 128 cm³/mol. The quantitative estimate of drug-likeness (QED) is 0.654. The maximum absolute atomic E-state index is 13.6. The van der Waals surface area contributed by atoms with Gasteiger partial charge in [0.2, 0.25) is 5.95 Å². The maximum Gasteiger partial charge on any atom is 0.254 e. The Morgan fingerprint density at radius 1 is 1.12 bits per heavy atom. The lowest BCUT2D eigenvalue weighted by atomic mass is 9.52. The van der Waals surface area contributed by atoms with Gasteiger partial charge in [0.05, 0.1) is 29.9 Å². The summed E-state index contributed by atoms with van der Waals surface area (Å²) < 4.78 is 11.8. The molecule has 2 heterocycles. The van der Waals surface area contributed by atoms with E-state index in [2.05, 4.69) is 15.2 Å². The van der Waals surface area contributed by atoms with Gasteiger partial charge in [-0.3, -0.25) is 4.79 Å². The standard InChI is InChI=1S/C25H36N4O3S/c30-23(27-21-18-10-16-11-19(21)14-25(31,12-16)13-18)20-15-26-24(29-6-8-33(32)9-7-29)28-22(20)17-4-2-1-3-5-17/h15-19,21,31H,1-14H2,(H,27,30)/t16?,18?,19?,21-,25+. The smallest absolute Gasteiger partial charge is 0.254 e. The van der Waals surface area contributed by atoms with Crippen molar-refractivity contribution in [2.45, 2.75) is 81.8 Å². The average Bonchev–Trinajstić information content (AvgIpc) is 2.81. The molecule has 5 saturated carbocycles. The number of hydrogen-bond donors (Lipinski definition) is 2. The minimum atomic E-state index is -0.745. The SMILES string of the molecule is O=C(N[C@H]1C2CC3CC1C[C@@](O)(C3)C2)c1cnc(N2CC[S+]([O-])CC2)nc1C1CCCCC1. The van der Waals surface area contributed by atoms with Gasteiger partial charge < -0.3 is 19.9 Å². The second-order valence-corrected chi connectivity index (χ2v) is 13.0. The second kappa shape index (κ2) is 8.68. The molecule has 2 unspecified atom stereocenters. The van der Waals surface area contributed by atoms with Gasteiger partial charge in [0, 0.05) is 18.2 Å². The van der Waals surface area contributed by atoms with Crippen LogP contribution in [0.15, 0.2) is 6.20 Å². The second-order valence-electron chi connectivity index (χ2n) is 11.3. The molecule has 6 aliphatic rings. The van der Waals surface area contributed by atoms with Crippen LogP contribution in [0.25, 0.3) is 0 Å². The first kappa shape index (κ1) is 22.1. The van der Waals surface area contributed by atoms with Crippen LogP contribution in [-0.2, 0) is 11.2 Å². The minimum absolute atomic E-state index is 0.0358. The average molecular weight is 473 g/mol. The van der Waals surface area contributed by atoms with Crippen LogP contribution in [0, 0.1) is 17.8 Å². The van der Waals surface area contributed by atoms with E-state index in [1.807, 2.05) is 0 Å². The Balaban J connectivity index is 1.25. The zero-order valence-corrected chi connectivity index (χ0v) is 20.2. The molecule has 0 spiro atoms. The molecule has 4 bridgehead atoms. The highest BCUT2D eigenvalue weighted by Crippen LogP contribution is 2.55. The topological polar surface area (TPSA) is 101 Å². The summed E-state index contributed by atoms with van der Waals surface area (Å²) in [5, 5.41) is 14.3. The van der Waals surface area contributed by atoms with Gasteiger partial charge in [0.25, 0.3) is 5.91 Å². The highest BCUT2D eigenvalue weighted by Gasteiger charge is 2.55. The fourth-order valence-electron chi connectivity index (χ4n) is 7.68. The van der Waals surface area contributed by atoms with E-state index in [1.54, 1.807) is 6.20 Å². The molecule has 7 rings (SSSR count). The molecule has 1 aromatic rings. The van der Waals surface area contributed by atoms with Crippen molar-refractivity contribution in [3.05, 3.63) is 17.5 Å². The summed E-state index contributed by atoms with van der Waals surface area (Å²) in [6.45, 7) is 1.41. The zero-order chi connectivity index (χ0) is 22.6. The van der Waals surface area contributed by atoms with Gasteiger partial charge in [-0.25, -0.2) is 9.97 Å². The van der Waals surface area contributed by atoms with Crippen LogP contribution in [0.4, 0.5) is 5.95 Å². The number of aliphatic hydroxyl groups is 1. The van der Waals surface area contributed by atoms with Crippen LogP contribution < -0.4 is 10.2 Å². The van der Waals surface area contributed by atoms with Crippen LogP contribution in [0.2, 0.25) is 0 Å². The van der Waals surface area contributed by atoms with Gasteiger partial charge in [-0.05, 0) is 62.7 Å². The fourth-order valence-corrected chi connectivity index (χ4v) is 8.74. The molecule has 0 radical (unpaired) electrons. The molecule has 180 valence electrons. The lowest BCUT2D eigenvalue weighted by molar-refractivity contribution is -0.136. The largest absolute Gasteiger partial charge is 0.616 e. The van der Waals surface area contributed by atoms with Crippen molar-refractivity contribution < 1.29 is 14.5 Å². The van der Waals surface area contributed by atoms with Gasteiger partial charge in [-0.1, -0.05) is 30.4 Å². The summed E-state index contributed by atoms with van der Waals surface area (Å²) in [7, 11) is 0. The number of rotatable bonds is 4. The molecule has 2 atom stereocenters. The van der Waals surface area contributed by atoms with Gasteiger partial charge in [-0.2, -0.15) is 0 Å². The lowest BCUT2D eigenvalue weighted by Crippen LogP contribution is -2.61. The predicted octanol–water partition coefficient (Wildman–Crippen LogP) is 2.76. The normalized spacial score (nSPS) is 36.8. The highest BCUT2D eigenvalue weighted by atomic mass is 32.2. The highest BCUT2D eigenvalue weighted by molar-refractivity contribution is 7.91. The Labute approximate surface area is 199 Å². The van der Waals surface area contributed by atoms with Crippen molar-refractivity contribution in [1.29, 1.82) is 0 Å². The van der Waals surface area contributed by atoms with E-state index in [0.717, 1.165) is 50.6 Å². The zero-order valence-electron chi connectivity index (χ0n) is 19.4. The number of carbonyl (C=O) groups is 1. The number of anilines is 1. The molecule has 6 fully saturated rings. The fraction of sp³-hybridized carbons (Fsp3) is 0.800. The molecule has 1 amide bonds. The van der Waals surface area contributed by atoms with E-state index in [1.165, 1.54) is 19.3 Å². The van der Waals surface area contributed by atoms with Crippen molar-refractivity contribution in [1.82, 2.24) is 15.3 Å². The van der Waals surface area contributed by atoms with Crippen molar-refractivity contribution >= 4 is 23.0 Å². The van der Waals surface area contributed by atoms with E-state index in [0.29, 0.717) is 59.8 Å². The summed E-state index contributed by atoms with van der Waals surface area (Å²) in [4.78, 5) is 25.3. The van der Waals surface area contributed by atoms with Crippen LogP contribution in [-0.4, -0.2) is 61.8 Å². The Hall–Kier alpha value is -1.38. The maximum atomic E-state index is 13.6. The van der Waals surface area contributed by atoms with E-state index in [9.17, 15) is 14.5 Å². The van der Waals surface area contributed by atoms with Gasteiger partial charge >= 0.3 is 0 Å². The van der Waals surface area contributed by atoms with Gasteiger partial charge in [-0.15, -0.1) is 0 Å². The summed E-state index contributed by atoms with van der Waals surface area (Å²) in [5.41, 5.74) is 1.05. The number of nitrogens with one attached hydrogen (secondary N) is 1. The van der Waals surface area contributed by atoms with E-state index >= 15 is 0 Å². The third-order valence-electron chi connectivity index (χ3n) is 9.04. The summed E-state index contributed by atoms with van der Waals surface area (Å²) in [6, 6.07) is 0.158. The number of hydrogen-bond acceptors (Lipinski definition) is 6. The number of aromatic nitrogens is 2. The number of nitrogens with zero attached hydrogens (tertiary/aromatic N) is 3. The summed E-state index contributed by atoms with van der Waals surface area (Å²) >= 11 is -0.745. The van der Waals surface area contributed by atoms with Crippen molar-refractivity contribution in [2.75, 3.05) is 29.5 Å². The first-order valence-corrected chi connectivity index (χ1v) is 14.5. The lowest BCUT2D eigenvalue weighted by Gasteiger charge is -2.58. The Bertz CT molecular complexity index is 884. The van der Waals surface area contributed by atoms with Crippen LogP contribution in [0.1, 0.15) is 86.2 Å². The van der Waals surface area contributed by atoms with Gasteiger partial charge in [0.15, 0.2) is 0 Å². The Morgan fingerprint density at radius 2 is 1.82 bits per heavy atom. The molecular weight excluding hydrogens is 436 g/mol. The number of carbonyl (C=O) groups excluding carboxylic acids is 1. The molecule has 7 nitrogen and oxygen atoms in total. The molecule has 1 aliphatic heterocycles. The molecule has 2 N–H and O–H groups in total. The molecule has 0 aromatic carbocycles. The monoisotopic (exact) mass is 472 g/mol. The van der Waals surface area contributed by atoms with Crippen LogP contribution >= 0.6 is 0 Å². The van der Waals surface area contributed by atoms with E-state index < -0.39 is 16.8 Å². The van der Waals surface area contributed by atoms with Crippen LogP contribution in [0.5, 0.6) is 0 Å².